The van der Waals surface area contributed by atoms with Crippen LogP contribution in [0.3, 0.4) is 0 Å². The van der Waals surface area contributed by atoms with Gasteiger partial charge >= 0.3 is 0 Å². The van der Waals surface area contributed by atoms with Crippen molar-refractivity contribution in [1.29, 1.82) is 0 Å². The third-order valence-electron chi connectivity index (χ3n) is 3.82. The summed E-state index contributed by atoms with van der Waals surface area (Å²) in [4.78, 5) is 16.4. The summed E-state index contributed by atoms with van der Waals surface area (Å²) in [5, 5.41) is 6.29. The van der Waals surface area contributed by atoms with Gasteiger partial charge in [-0.1, -0.05) is 25.7 Å². The van der Waals surface area contributed by atoms with E-state index in [1.165, 1.54) is 25.7 Å². The van der Waals surface area contributed by atoms with Gasteiger partial charge in [0.2, 0.25) is 0 Å². The lowest BCUT2D eigenvalue weighted by molar-refractivity contribution is 0.0928. The normalized spacial score (nSPS) is 16.2. The number of amides is 1. The van der Waals surface area contributed by atoms with Crippen molar-refractivity contribution in [2.75, 3.05) is 25.6 Å². The van der Waals surface area contributed by atoms with Crippen LogP contribution in [-0.4, -0.2) is 37.2 Å². The Hall–Kier alpha value is -1.62. The van der Waals surface area contributed by atoms with Crippen LogP contribution in [0.15, 0.2) is 18.3 Å². The molecule has 5 heteroatoms. The number of aromatic nitrogens is 1. The number of hydrogen-bond donors (Lipinski definition) is 2. The number of nitrogens with one attached hydrogen (secondary N) is 2. The quantitative estimate of drug-likeness (QED) is 0.624. The molecule has 0 radical (unpaired) electrons. The van der Waals surface area contributed by atoms with Crippen LogP contribution in [0.5, 0.6) is 0 Å². The highest BCUT2D eigenvalue weighted by atomic mass is 16.5. The Morgan fingerprint density at radius 2 is 2.05 bits per heavy atom. The SMILES string of the molecule is COCCNc1ccc(C(=O)NC2CCCCCC2)nc1. The number of ether oxygens (including phenoxy) is 1. The first-order chi connectivity index (χ1) is 10.3. The average Bonchev–Trinajstić information content (AvgIpc) is 2.77. The summed E-state index contributed by atoms with van der Waals surface area (Å²) < 4.78 is 4.97. The van der Waals surface area contributed by atoms with E-state index < -0.39 is 0 Å². The van der Waals surface area contributed by atoms with Crippen LogP contribution in [0.4, 0.5) is 5.69 Å². The highest BCUT2D eigenvalue weighted by molar-refractivity contribution is 5.92. The highest BCUT2D eigenvalue weighted by Gasteiger charge is 2.16. The van der Waals surface area contributed by atoms with Crippen molar-refractivity contribution in [3.05, 3.63) is 24.0 Å². The Bertz CT molecular complexity index is 426. The molecule has 1 saturated carbocycles. The van der Waals surface area contributed by atoms with Crippen molar-refractivity contribution < 1.29 is 9.53 Å². The molecular weight excluding hydrogens is 266 g/mol. The van der Waals surface area contributed by atoms with E-state index in [1.807, 2.05) is 6.07 Å². The summed E-state index contributed by atoms with van der Waals surface area (Å²) in [5.74, 6) is -0.0645. The minimum Gasteiger partial charge on any atom is -0.383 e. The summed E-state index contributed by atoms with van der Waals surface area (Å²) in [6.45, 7) is 1.37. The molecule has 0 spiro atoms. The van der Waals surface area contributed by atoms with E-state index >= 15 is 0 Å². The predicted octanol–water partition coefficient (Wildman–Crippen LogP) is 2.59. The molecule has 116 valence electrons. The van der Waals surface area contributed by atoms with E-state index in [2.05, 4.69) is 15.6 Å². The first-order valence-corrected chi connectivity index (χ1v) is 7.79. The zero-order chi connectivity index (χ0) is 14.9. The second-order valence-corrected chi connectivity index (χ2v) is 5.51. The summed E-state index contributed by atoms with van der Waals surface area (Å²) in [5.41, 5.74) is 1.38. The predicted molar refractivity (Wildman–Crippen MR) is 83.6 cm³/mol. The largest absolute Gasteiger partial charge is 0.383 e. The number of methoxy groups -OCH3 is 1. The van der Waals surface area contributed by atoms with Crippen molar-refractivity contribution in [3.63, 3.8) is 0 Å². The first-order valence-electron chi connectivity index (χ1n) is 7.79. The maximum atomic E-state index is 12.2. The molecule has 1 amide bonds. The van der Waals surface area contributed by atoms with Gasteiger partial charge in [0.25, 0.3) is 5.91 Å². The number of carbonyl (C=O) groups is 1. The second kappa shape index (κ2) is 8.62. The fourth-order valence-corrected chi connectivity index (χ4v) is 2.61. The molecule has 21 heavy (non-hydrogen) atoms. The number of carbonyl (C=O) groups excluding carboxylic acids is 1. The number of nitrogens with zero attached hydrogens (tertiary/aromatic N) is 1. The van der Waals surface area contributed by atoms with Gasteiger partial charge in [0.05, 0.1) is 18.5 Å². The molecule has 0 aromatic carbocycles. The maximum Gasteiger partial charge on any atom is 0.270 e. The van der Waals surface area contributed by atoms with Gasteiger partial charge in [-0.25, -0.2) is 4.98 Å². The minimum atomic E-state index is -0.0645. The van der Waals surface area contributed by atoms with Crippen molar-refractivity contribution in [2.45, 2.75) is 44.6 Å². The number of rotatable bonds is 6. The summed E-state index contributed by atoms with van der Waals surface area (Å²) in [6, 6.07) is 3.95. The van der Waals surface area contributed by atoms with Crippen LogP contribution in [0.25, 0.3) is 0 Å². The van der Waals surface area contributed by atoms with Gasteiger partial charge in [0.15, 0.2) is 0 Å². The molecule has 1 aromatic heterocycles. The van der Waals surface area contributed by atoms with Gasteiger partial charge in [0.1, 0.15) is 5.69 Å². The van der Waals surface area contributed by atoms with E-state index in [9.17, 15) is 4.79 Å². The standard InChI is InChI=1S/C16H25N3O2/c1-21-11-10-17-14-8-9-15(18-12-14)16(20)19-13-6-4-2-3-5-7-13/h8-9,12-13,17H,2-7,10-11H2,1H3,(H,19,20). The summed E-state index contributed by atoms with van der Waals surface area (Å²) in [7, 11) is 1.67. The Labute approximate surface area is 126 Å². The van der Waals surface area contributed by atoms with Crippen molar-refractivity contribution in [2.24, 2.45) is 0 Å². The zero-order valence-corrected chi connectivity index (χ0v) is 12.7. The molecular formula is C16H25N3O2. The molecule has 1 aromatic rings. The van der Waals surface area contributed by atoms with E-state index in [-0.39, 0.29) is 5.91 Å². The Balaban J connectivity index is 1.84. The van der Waals surface area contributed by atoms with Gasteiger partial charge in [-0.3, -0.25) is 4.79 Å². The lowest BCUT2D eigenvalue weighted by Crippen LogP contribution is -2.34. The van der Waals surface area contributed by atoms with Crippen LogP contribution in [0, 0.1) is 0 Å². The van der Waals surface area contributed by atoms with Gasteiger partial charge in [-0.15, -0.1) is 0 Å². The smallest absolute Gasteiger partial charge is 0.270 e. The lowest BCUT2D eigenvalue weighted by atomic mass is 10.1. The van der Waals surface area contributed by atoms with Gasteiger partial charge in [0, 0.05) is 19.7 Å². The van der Waals surface area contributed by atoms with E-state index in [1.54, 1.807) is 19.4 Å². The molecule has 1 aliphatic carbocycles. The molecule has 0 bridgehead atoms. The number of hydrogen-bond acceptors (Lipinski definition) is 4. The number of pyridine rings is 1. The fraction of sp³-hybridized carbons (Fsp3) is 0.625. The monoisotopic (exact) mass is 291 g/mol. The molecule has 1 heterocycles. The molecule has 0 unspecified atom stereocenters. The first kappa shape index (κ1) is 15.8. The molecule has 0 atom stereocenters. The lowest BCUT2D eigenvalue weighted by Gasteiger charge is -2.15. The van der Waals surface area contributed by atoms with Crippen molar-refractivity contribution in [1.82, 2.24) is 10.3 Å². The van der Waals surface area contributed by atoms with Gasteiger partial charge in [-0.05, 0) is 25.0 Å². The van der Waals surface area contributed by atoms with Crippen LogP contribution in [-0.2, 0) is 4.74 Å². The van der Waals surface area contributed by atoms with Crippen molar-refractivity contribution >= 4 is 11.6 Å². The van der Waals surface area contributed by atoms with Crippen LogP contribution in [0.2, 0.25) is 0 Å². The van der Waals surface area contributed by atoms with Crippen molar-refractivity contribution in [3.8, 4) is 0 Å². The molecule has 0 aliphatic heterocycles. The van der Waals surface area contributed by atoms with Gasteiger partial charge in [-0.2, -0.15) is 0 Å². The van der Waals surface area contributed by atoms with Crippen LogP contribution >= 0.6 is 0 Å². The molecule has 1 aliphatic rings. The summed E-state index contributed by atoms with van der Waals surface area (Å²) >= 11 is 0. The molecule has 2 rings (SSSR count). The fourth-order valence-electron chi connectivity index (χ4n) is 2.61. The number of anilines is 1. The van der Waals surface area contributed by atoms with Crippen LogP contribution in [0.1, 0.15) is 49.0 Å². The highest BCUT2D eigenvalue weighted by Crippen LogP contribution is 2.17. The van der Waals surface area contributed by atoms with Gasteiger partial charge < -0.3 is 15.4 Å². The van der Waals surface area contributed by atoms with E-state index in [0.717, 1.165) is 25.1 Å². The summed E-state index contributed by atoms with van der Waals surface area (Å²) in [6.07, 6.45) is 8.85. The molecule has 1 fully saturated rings. The molecule has 0 saturated heterocycles. The molecule has 2 N–H and O–H groups in total. The Morgan fingerprint density at radius 1 is 1.29 bits per heavy atom. The molecule has 5 nitrogen and oxygen atoms in total. The Morgan fingerprint density at radius 3 is 2.67 bits per heavy atom. The average molecular weight is 291 g/mol. The minimum absolute atomic E-state index is 0.0645. The zero-order valence-electron chi connectivity index (χ0n) is 12.7. The third kappa shape index (κ3) is 5.34. The second-order valence-electron chi connectivity index (χ2n) is 5.51. The van der Waals surface area contributed by atoms with Crippen LogP contribution < -0.4 is 10.6 Å². The topological polar surface area (TPSA) is 63.2 Å². The van der Waals surface area contributed by atoms with E-state index in [4.69, 9.17) is 4.74 Å². The van der Waals surface area contributed by atoms with E-state index in [0.29, 0.717) is 18.3 Å². The maximum absolute atomic E-state index is 12.2. The third-order valence-corrected chi connectivity index (χ3v) is 3.82. The Kier molecular flexibility index (Phi) is 6.47.